The van der Waals surface area contributed by atoms with Crippen LogP contribution in [-0.2, 0) is 0 Å². The lowest BCUT2D eigenvalue weighted by Crippen LogP contribution is -2.31. The number of anilines is 1. The molecule has 1 heterocycles. The zero-order valence-corrected chi connectivity index (χ0v) is 10.2. The Morgan fingerprint density at radius 3 is 2.87 bits per heavy atom. The lowest BCUT2D eigenvalue weighted by atomic mass is 10.2. The first-order chi connectivity index (χ1) is 7.09. The smallest absolute Gasteiger partial charge is 0.171 e. The third kappa shape index (κ3) is 4.25. The van der Waals surface area contributed by atoms with Gasteiger partial charge < -0.3 is 10.6 Å². The molecule has 0 bridgehead atoms. The second-order valence-corrected chi connectivity index (χ2v) is 4.31. The summed E-state index contributed by atoms with van der Waals surface area (Å²) in [7, 11) is 0. The van der Waals surface area contributed by atoms with Crippen LogP contribution in [0.25, 0.3) is 0 Å². The largest absolute Gasteiger partial charge is 0.362 e. The van der Waals surface area contributed by atoms with Crippen molar-refractivity contribution in [3.05, 3.63) is 23.9 Å². The minimum atomic E-state index is 0.578. The average molecular weight is 223 g/mol. The fourth-order valence-electron chi connectivity index (χ4n) is 1.07. The monoisotopic (exact) mass is 223 g/mol. The van der Waals surface area contributed by atoms with Crippen molar-refractivity contribution in [1.29, 1.82) is 0 Å². The van der Waals surface area contributed by atoms with E-state index >= 15 is 0 Å². The molecule has 0 aromatic carbocycles. The van der Waals surface area contributed by atoms with E-state index in [1.807, 2.05) is 19.1 Å². The van der Waals surface area contributed by atoms with E-state index in [2.05, 4.69) is 29.5 Å². The molecule has 1 rings (SSSR count). The highest BCUT2D eigenvalue weighted by Crippen LogP contribution is 2.08. The Morgan fingerprint density at radius 1 is 1.53 bits per heavy atom. The maximum Gasteiger partial charge on any atom is 0.171 e. The number of rotatable bonds is 3. The first-order valence-corrected chi connectivity index (χ1v) is 5.47. The quantitative estimate of drug-likeness (QED) is 0.771. The molecule has 15 heavy (non-hydrogen) atoms. The van der Waals surface area contributed by atoms with Gasteiger partial charge in [0.25, 0.3) is 0 Å². The van der Waals surface area contributed by atoms with E-state index in [0.29, 0.717) is 11.0 Å². The van der Waals surface area contributed by atoms with Crippen molar-refractivity contribution in [2.45, 2.75) is 20.8 Å². The Hall–Kier alpha value is -1.16. The summed E-state index contributed by atoms with van der Waals surface area (Å²) < 4.78 is 0. The molecule has 4 heteroatoms. The molecule has 0 aliphatic rings. The van der Waals surface area contributed by atoms with Crippen LogP contribution in [0.4, 0.5) is 5.82 Å². The van der Waals surface area contributed by atoms with Crippen molar-refractivity contribution >= 4 is 23.1 Å². The van der Waals surface area contributed by atoms with E-state index in [1.165, 1.54) is 0 Å². The van der Waals surface area contributed by atoms with Crippen molar-refractivity contribution < 1.29 is 0 Å². The van der Waals surface area contributed by atoms with Crippen LogP contribution in [-0.4, -0.2) is 16.6 Å². The first kappa shape index (κ1) is 11.9. The number of hydrogen-bond acceptors (Lipinski definition) is 2. The SMILES string of the molecule is Cc1cccnc1NC(=S)NCC(C)C. The van der Waals surface area contributed by atoms with Gasteiger partial charge in [0.15, 0.2) is 5.11 Å². The van der Waals surface area contributed by atoms with Crippen molar-refractivity contribution in [3.63, 3.8) is 0 Å². The molecule has 0 saturated heterocycles. The van der Waals surface area contributed by atoms with Crippen molar-refractivity contribution in [2.75, 3.05) is 11.9 Å². The van der Waals surface area contributed by atoms with E-state index in [1.54, 1.807) is 6.20 Å². The number of aryl methyl sites for hydroxylation is 1. The predicted octanol–water partition coefficient (Wildman–Crippen LogP) is 2.33. The molecule has 0 fully saturated rings. The van der Waals surface area contributed by atoms with E-state index in [9.17, 15) is 0 Å². The van der Waals surface area contributed by atoms with Gasteiger partial charge in [-0.05, 0) is 36.7 Å². The second-order valence-electron chi connectivity index (χ2n) is 3.90. The minimum Gasteiger partial charge on any atom is -0.362 e. The molecule has 82 valence electrons. The van der Waals surface area contributed by atoms with Gasteiger partial charge in [-0.15, -0.1) is 0 Å². The summed E-state index contributed by atoms with van der Waals surface area (Å²) in [5, 5.41) is 6.84. The Bertz CT molecular complexity index is 336. The van der Waals surface area contributed by atoms with E-state index < -0.39 is 0 Å². The van der Waals surface area contributed by atoms with E-state index in [4.69, 9.17) is 12.2 Å². The molecular formula is C11H17N3S. The molecular weight excluding hydrogens is 206 g/mol. The molecule has 3 nitrogen and oxygen atoms in total. The number of pyridine rings is 1. The molecule has 1 aromatic rings. The molecule has 0 radical (unpaired) electrons. The Kier molecular flexibility index (Phi) is 4.49. The number of nitrogens with zero attached hydrogens (tertiary/aromatic N) is 1. The van der Waals surface area contributed by atoms with Gasteiger partial charge in [0, 0.05) is 12.7 Å². The first-order valence-electron chi connectivity index (χ1n) is 5.06. The molecule has 0 atom stereocenters. The fraction of sp³-hybridized carbons (Fsp3) is 0.455. The molecule has 0 aliphatic heterocycles. The highest BCUT2D eigenvalue weighted by Gasteiger charge is 2.01. The average Bonchev–Trinajstić information content (AvgIpc) is 2.18. The normalized spacial score (nSPS) is 10.1. The van der Waals surface area contributed by atoms with Crippen LogP contribution in [0.1, 0.15) is 19.4 Å². The number of thiocarbonyl (C=S) groups is 1. The minimum absolute atomic E-state index is 0.578. The highest BCUT2D eigenvalue weighted by atomic mass is 32.1. The lowest BCUT2D eigenvalue weighted by molar-refractivity contribution is 0.627. The van der Waals surface area contributed by atoms with Gasteiger partial charge in [-0.25, -0.2) is 4.98 Å². The van der Waals surface area contributed by atoms with Gasteiger partial charge in [0.2, 0.25) is 0 Å². The van der Waals surface area contributed by atoms with Crippen LogP contribution >= 0.6 is 12.2 Å². The highest BCUT2D eigenvalue weighted by molar-refractivity contribution is 7.80. The summed E-state index contributed by atoms with van der Waals surface area (Å²) in [4.78, 5) is 4.21. The lowest BCUT2D eigenvalue weighted by Gasteiger charge is -2.12. The Balaban J connectivity index is 2.48. The molecule has 0 aliphatic carbocycles. The Morgan fingerprint density at radius 2 is 2.27 bits per heavy atom. The fourth-order valence-corrected chi connectivity index (χ4v) is 1.25. The van der Waals surface area contributed by atoms with Crippen LogP contribution in [0.5, 0.6) is 0 Å². The van der Waals surface area contributed by atoms with Crippen LogP contribution < -0.4 is 10.6 Å². The molecule has 0 amide bonds. The molecule has 0 saturated carbocycles. The molecule has 0 unspecified atom stereocenters. The molecule has 2 N–H and O–H groups in total. The third-order valence-corrected chi connectivity index (χ3v) is 2.16. The van der Waals surface area contributed by atoms with E-state index in [-0.39, 0.29) is 0 Å². The Labute approximate surface area is 96.3 Å². The predicted molar refractivity (Wildman–Crippen MR) is 68.0 cm³/mol. The second kappa shape index (κ2) is 5.66. The summed E-state index contributed by atoms with van der Waals surface area (Å²) in [5.74, 6) is 1.40. The van der Waals surface area contributed by atoms with Crippen molar-refractivity contribution in [3.8, 4) is 0 Å². The van der Waals surface area contributed by atoms with Crippen molar-refractivity contribution in [1.82, 2.24) is 10.3 Å². The summed E-state index contributed by atoms with van der Waals surface area (Å²) in [6.45, 7) is 7.15. The van der Waals surface area contributed by atoms with Crippen LogP contribution in [0.2, 0.25) is 0 Å². The summed E-state index contributed by atoms with van der Waals surface area (Å²) in [6.07, 6.45) is 1.75. The zero-order valence-electron chi connectivity index (χ0n) is 9.37. The van der Waals surface area contributed by atoms with Crippen LogP contribution in [0.15, 0.2) is 18.3 Å². The van der Waals surface area contributed by atoms with E-state index in [0.717, 1.165) is 17.9 Å². The summed E-state index contributed by atoms with van der Waals surface area (Å²) in [6, 6.07) is 3.91. The summed E-state index contributed by atoms with van der Waals surface area (Å²) >= 11 is 5.15. The van der Waals surface area contributed by atoms with Gasteiger partial charge in [0.1, 0.15) is 5.82 Å². The maximum atomic E-state index is 5.15. The van der Waals surface area contributed by atoms with Gasteiger partial charge in [-0.1, -0.05) is 19.9 Å². The number of nitrogens with one attached hydrogen (secondary N) is 2. The zero-order chi connectivity index (χ0) is 11.3. The van der Waals surface area contributed by atoms with Crippen LogP contribution in [0, 0.1) is 12.8 Å². The van der Waals surface area contributed by atoms with Gasteiger partial charge in [-0.3, -0.25) is 0 Å². The third-order valence-electron chi connectivity index (χ3n) is 1.91. The standard InChI is InChI=1S/C11H17N3S/c1-8(2)7-13-11(15)14-10-9(3)5-4-6-12-10/h4-6,8H,7H2,1-3H3,(H2,12,13,14,15). The topological polar surface area (TPSA) is 37.0 Å². The molecule has 1 aromatic heterocycles. The van der Waals surface area contributed by atoms with Gasteiger partial charge >= 0.3 is 0 Å². The van der Waals surface area contributed by atoms with Crippen LogP contribution in [0.3, 0.4) is 0 Å². The molecule has 0 spiro atoms. The van der Waals surface area contributed by atoms with Gasteiger partial charge in [-0.2, -0.15) is 0 Å². The summed E-state index contributed by atoms with van der Waals surface area (Å²) in [5.41, 5.74) is 1.09. The number of aromatic nitrogens is 1. The van der Waals surface area contributed by atoms with Gasteiger partial charge in [0.05, 0.1) is 0 Å². The van der Waals surface area contributed by atoms with Crippen molar-refractivity contribution in [2.24, 2.45) is 5.92 Å². The number of hydrogen-bond donors (Lipinski definition) is 2. The maximum absolute atomic E-state index is 5.15.